The number of nitrogens with zero attached hydrogens (tertiary/aromatic N) is 1. The highest BCUT2D eigenvalue weighted by molar-refractivity contribution is 5.74. The smallest absolute Gasteiger partial charge is 0.129 e. The maximum atomic E-state index is 9.81. The summed E-state index contributed by atoms with van der Waals surface area (Å²) in [6.45, 7) is 5.27. The van der Waals surface area contributed by atoms with Gasteiger partial charge >= 0.3 is 0 Å². The predicted molar refractivity (Wildman–Crippen MR) is 52.5 cm³/mol. The fourth-order valence-electron chi connectivity index (χ4n) is 1.09. The van der Waals surface area contributed by atoms with E-state index in [9.17, 15) is 9.90 Å². The fourth-order valence-corrected chi connectivity index (χ4v) is 1.09. The Morgan fingerprint density at radius 2 is 2.00 bits per heavy atom. The summed E-state index contributed by atoms with van der Waals surface area (Å²) < 4.78 is 0. The maximum Gasteiger partial charge on any atom is 0.129 e. The summed E-state index contributed by atoms with van der Waals surface area (Å²) in [5.74, 6) is 0.255. The third kappa shape index (κ3) is 4.98. The van der Waals surface area contributed by atoms with Gasteiger partial charge in [0.1, 0.15) is 11.4 Å². The summed E-state index contributed by atoms with van der Waals surface area (Å²) in [5.41, 5.74) is 4.69. The Morgan fingerprint density at radius 1 is 1.62 bits per heavy atom. The second-order valence-corrected chi connectivity index (χ2v) is 3.66. The third-order valence-corrected chi connectivity index (χ3v) is 2.01. The van der Waals surface area contributed by atoms with Gasteiger partial charge in [0, 0.05) is 26.1 Å². The Kier molecular flexibility index (Phi) is 5.13. The fraction of sp³-hybridized carbons (Fsp3) is 0.889. The lowest BCUT2D eigenvalue weighted by atomic mass is 9.96. The highest BCUT2D eigenvalue weighted by Gasteiger charge is 2.37. The van der Waals surface area contributed by atoms with E-state index in [0.29, 0.717) is 13.0 Å². The van der Waals surface area contributed by atoms with E-state index in [1.807, 2.05) is 18.9 Å². The molecule has 1 aliphatic rings. The van der Waals surface area contributed by atoms with Crippen LogP contribution in [-0.4, -0.2) is 48.1 Å². The molecule has 0 saturated carbocycles. The molecular weight excluding hydrogens is 168 g/mol. The summed E-state index contributed by atoms with van der Waals surface area (Å²) in [5, 5.41) is 9.22. The molecule has 0 amide bonds. The van der Waals surface area contributed by atoms with Gasteiger partial charge in [0.05, 0.1) is 0 Å². The molecular formula is C9H20N2O2. The molecule has 3 N–H and O–H groups in total. The van der Waals surface area contributed by atoms with Crippen molar-refractivity contribution in [3.05, 3.63) is 0 Å². The van der Waals surface area contributed by atoms with Crippen molar-refractivity contribution < 1.29 is 9.90 Å². The molecule has 4 heteroatoms. The van der Waals surface area contributed by atoms with Gasteiger partial charge in [-0.3, -0.25) is 0 Å². The van der Waals surface area contributed by atoms with E-state index >= 15 is 0 Å². The van der Waals surface area contributed by atoms with Crippen molar-refractivity contribution in [3.8, 4) is 0 Å². The van der Waals surface area contributed by atoms with Gasteiger partial charge in [-0.25, -0.2) is 0 Å². The Morgan fingerprint density at radius 3 is 2.08 bits per heavy atom. The van der Waals surface area contributed by atoms with Gasteiger partial charge in [-0.15, -0.1) is 0 Å². The summed E-state index contributed by atoms with van der Waals surface area (Å²) in [6, 6.07) is 0. The Balaban J connectivity index is 0.000000252. The lowest BCUT2D eigenvalue weighted by Gasteiger charge is -2.43. The molecule has 0 aliphatic carbocycles. The summed E-state index contributed by atoms with van der Waals surface area (Å²) >= 11 is 0. The zero-order valence-corrected chi connectivity index (χ0v) is 8.71. The van der Waals surface area contributed by atoms with Crippen LogP contribution >= 0.6 is 0 Å². The lowest BCUT2D eigenvalue weighted by molar-refractivity contribution is -0.116. The van der Waals surface area contributed by atoms with E-state index in [1.54, 1.807) is 6.92 Å². The zero-order valence-electron chi connectivity index (χ0n) is 8.71. The van der Waals surface area contributed by atoms with E-state index in [2.05, 4.69) is 0 Å². The van der Waals surface area contributed by atoms with Gasteiger partial charge in [0.25, 0.3) is 0 Å². The van der Waals surface area contributed by atoms with E-state index < -0.39 is 5.60 Å². The number of carbonyl (C=O) groups excluding carboxylic acids is 1. The molecule has 1 heterocycles. The number of Topliss-reactive ketones (excluding diaryl/α,β-unsaturated/α-hetero) is 1. The maximum absolute atomic E-state index is 9.81. The number of likely N-dealkylation sites (N-methyl/N-ethyl adjacent to an activating group) is 1. The Hall–Kier alpha value is -0.450. The monoisotopic (exact) mass is 188 g/mol. The standard InChI is InChI=1S/C5H12N2O.C4H8O/c1-7-3-5(8,2-6)4-7;1-3-4(2)5/h8H,2-4,6H2,1H3;3H2,1-2H3. The first-order valence-electron chi connectivity index (χ1n) is 4.54. The number of aliphatic hydroxyl groups is 1. The number of rotatable bonds is 2. The van der Waals surface area contributed by atoms with Crippen LogP contribution < -0.4 is 5.73 Å². The van der Waals surface area contributed by atoms with Crippen molar-refractivity contribution in [1.82, 2.24) is 4.90 Å². The van der Waals surface area contributed by atoms with Gasteiger partial charge in [0.2, 0.25) is 0 Å². The largest absolute Gasteiger partial charge is 0.386 e. The number of carbonyl (C=O) groups is 1. The number of hydrogen-bond acceptors (Lipinski definition) is 4. The van der Waals surface area contributed by atoms with Crippen molar-refractivity contribution in [1.29, 1.82) is 0 Å². The molecule has 1 fully saturated rings. The molecule has 0 radical (unpaired) electrons. The van der Waals surface area contributed by atoms with Crippen molar-refractivity contribution >= 4 is 5.78 Å². The number of nitrogens with two attached hydrogens (primary N) is 1. The van der Waals surface area contributed by atoms with Crippen LogP contribution in [0.2, 0.25) is 0 Å². The molecule has 0 unspecified atom stereocenters. The molecule has 0 aromatic carbocycles. The van der Waals surface area contributed by atoms with Gasteiger partial charge in [0.15, 0.2) is 0 Å². The molecule has 0 spiro atoms. The molecule has 78 valence electrons. The molecule has 13 heavy (non-hydrogen) atoms. The number of likely N-dealkylation sites (tertiary alicyclic amines) is 1. The van der Waals surface area contributed by atoms with Crippen LogP contribution in [-0.2, 0) is 4.79 Å². The van der Waals surface area contributed by atoms with Crippen molar-refractivity contribution in [2.24, 2.45) is 5.73 Å². The Labute approximate surface area is 79.7 Å². The molecule has 0 bridgehead atoms. The van der Waals surface area contributed by atoms with Gasteiger partial charge in [-0.05, 0) is 14.0 Å². The summed E-state index contributed by atoms with van der Waals surface area (Å²) in [7, 11) is 1.96. The average Bonchev–Trinajstić information content (AvgIpc) is 2.03. The van der Waals surface area contributed by atoms with Crippen molar-refractivity contribution in [2.75, 3.05) is 26.7 Å². The van der Waals surface area contributed by atoms with E-state index in [-0.39, 0.29) is 5.78 Å². The minimum Gasteiger partial charge on any atom is -0.386 e. The van der Waals surface area contributed by atoms with E-state index in [4.69, 9.17) is 5.73 Å². The van der Waals surface area contributed by atoms with Crippen LogP contribution in [0.1, 0.15) is 20.3 Å². The van der Waals surface area contributed by atoms with E-state index in [0.717, 1.165) is 13.1 Å². The van der Waals surface area contributed by atoms with Crippen LogP contribution in [0.25, 0.3) is 0 Å². The van der Waals surface area contributed by atoms with Gasteiger partial charge in [-0.2, -0.15) is 0 Å². The van der Waals surface area contributed by atoms with Gasteiger partial charge in [-0.1, -0.05) is 6.92 Å². The first-order chi connectivity index (χ1) is 5.93. The van der Waals surface area contributed by atoms with Crippen LogP contribution in [0.4, 0.5) is 0 Å². The minimum atomic E-state index is -0.561. The van der Waals surface area contributed by atoms with Crippen LogP contribution in [0.3, 0.4) is 0 Å². The van der Waals surface area contributed by atoms with Crippen LogP contribution in [0.5, 0.6) is 0 Å². The summed E-state index contributed by atoms with van der Waals surface area (Å²) in [6.07, 6.45) is 0.667. The topological polar surface area (TPSA) is 66.6 Å². The third-order valence-electron chi connectivity index (χ3n) is 2.01. The van der Waals surface area contributed by atoms with Crippen molar-refractivity contribution in [2.45, 2.75) is 25.9 Å². The van der Waals surface area contributed by atoms with Crippen molar-refractivity contribution in [3.63, 3.8) is 0 Å². The first-order valence-corrected chi connectivity index (χ1v) is 4.54. The predicted octanol–water partition coefficient (Wildman–Crippen LogP) is -0.393. The second kappa shape index (κ2) is 5.32. The highest BCUT2D eigenvalue weighted by Crippen LogP contribution is 2.15. The lowest BCUT2D eigenvalue weighted by Crippen LogP contribution is -2.63. The average molecular weight is 188 g/mol. The molecule has 0 atom stereocenters. The highest BCUT2D eigenvalue weighted by atomic mass is 16.3. The number of β-amino-alcohol motifs (C(OH)–C–C–N with tert-alkyl or cyclic N) is 1. The molecule has 1 rings (SSSR count). The first kappa shape index (κ1) is 12.6. The number of ketones is 1. The molecule has 1 saturated heterocycles. The normalized spacial score (nSPS) is 19.8. The van der Waals surface area contributed by atoms with E-state index in [1.165, 1.54) is 0 Å². The number of hydrogen-bond donors (Lipinski definition) is 2. The molecule has 0 aromatic rings. The summed E-state index contributed by atoms with van der Waals surface area (Å²) in [4.78, 5) is 11.8. The SMILES string of the molecule is CCC(C)=O.CN1CC(O)(CN)C1. The molecule has 4 nitrogen and oxygen atoms in total. The second-order valence-electron chi connectivity index (χ2n) is 3.66. The minimum absolute atomic E-state index is 0.255. The quantitative estimate of drug-likeness (QED) is 0.619. The van der Waals surface area contributed by atoms with Crippen LogP contribution in [0, 0.1) is 0 Å². The molecule has 1 aliphatic heterocycles. The van der Waals surface area contributed by atoms with Gasteiger partial charge < -0.3 is 20.5 Å². The molecule has 0 aromatic heterocycles. The van der Waals surface area contributed by atoms with Crippen LogP contribution in [0.15, 0.2) is 0 Å². The zero-order chi connectivity index (χ0) is 10.5. The Bertz CT molecular complexity index is 165.